The van der Waals surface area contributed by atoms with Gasteiger partial charge in [-0.15, -0.1) is 11.8 Å². The maximum Gasteiger partial charge on any atom is 0.232 e. The minimum Gasteiger partial charge on any atom is -0.342 e. The van der Waals surface area contributed by atoms with Crippen LogP contribution in [0.5, 0.6) is 0 Å². The molecule has 1 heterocycles. The Morgan fingerprint density at radius 2 is 2.10 bits per heavy atom. The van der Waals surface area contributed by atoms with E-state index in [0.717, 1.165) is 25.1 Å². The fourth-order valence-corrected chi connectivity index (χ4v) is 4.08. The molecule has 5 heteroatoms. The summed E-state index contributed by atoms with van der Waals surface area (Å²) in [7, 11) is 0. The van der Waals surface area contributed by atoms with Crippen molar-refractivity contribution in [2.45, 2.75) is 25.5 Å². The van der Waals surface area contributed by atoms with Crippen LogP contribution < -0.4 is 0 Å². The molecule has 1 aromatic rings. The van der Waals surface area contributed by atoms with Crippen LogP contribution >= 0.6 is 35.0 Å². The summed E-state index contributed by atoms with van der Waals surface area (Å²) in [6.45, 7) is 4.00. The van der Waals surface area contributed by atoms with Crippen LogP contribution in [0.3, 0.4) is 0 Å². The molecule has 0 bridgehead atoms. The molecule has 1 atom stereocenters. The standard InChI is InChI=1S/C15H19Cl2NOS/c1-11-4-3-7-18(8-11)15(19)10-20-9-12-13(16)5-2-6-14(12)17/h2,5-6,11H,3-4,7-10H2,1H3/t11-/m0/s1. The van der Waals surface area contributed by atoms with E-state index in [2.05, 4.69) is 6.92 Å². The zero-order chi connectivity index (χ0) is 14.5. The van der Waals surface area contributed by atoms with E-state index in [1.165, 1.54) is 6.42 Å². The van der Waals surface area contributed by atoms with Crippen molar-refractivity contribution >= 4 is 40.9 Å². The Labute approximate surface area is 134 Å². The van der Waals surface area contributed by atoms with Crippen LogP contribution in [0.15, 0.2) is 18.2 Å². The zero-order valence-corrected chi connectivity index (χ0v) is 13.9. The molecule has 0 saturated carbocycles. The van der Waals surface area contributed by atoms with Crippen LogP contribution in [-0.2, 0) is 10.5 Å². The van der Waals surface area contributed by atoms with Gasteiger partial charge in [-0.05, 0) is 36.5 Å². The molecular weight excluding hydrogens is 313 g/mol. The molecule has 1 amide bonds. The van der Waals surface area contributed by atoms with E-state index in [-0.39, 0.29) is 5.91 Å². The van der Waals surface area contributed by atoms with E-state index in [0.29, 0.717) is 27.5 Å². The highest BCUT2D eigenvalue weighted by atomic mass is 35.5. The van der Waals surface area contributed by atoms with Gasteiger partial charge in [0.1, 0.15) is 0 Å². The fourth-order valence-electron chi connectivity index (χ4n) is 2.42. The number of nitrogens with zero attached hydrogens (tertiary/aromatic N) is 1. The number of piperidine rings is 1. The second-order valence-electron chi connectivity index (χ2n) is 5.28. The number of hydrogen-bond donors (Lipinski definition) is 0. The Morgan fingerprint density at radius 1 is 1.40 bits per heavy atom. The number of amides is 1. The number of thioether (sulfide) groups is 1. The summed E-state index contributed by atoms with van der Waals surface area (Å²) in [5.41, 5.74) is 0.917. The van der Waals surface area contributed by atoms with Crippen molar-refractivity contribution in [3.8, 4) is 0 Å². The minimum atomic E-state index is 0.227. The Hall–Kier alpha value is -0.380. The lowest BCUT2D eigenvalue weighted by atomic mass is 10.0. The average Bonchev–Trinajstić information content (AvgIpc) is 2.42. The summed E-state index contributed by atoms with van der Waals surface area (Å²) in [4.78, 5) is 14.1. The lowest BCUT2D eigenvalue weighted by molar-refractivity contribution is -0.130. The molecule has 0 spiro atoms. The molecule has 1 fully saturated rings. The van der Waals surface area contributed by atoms with Crippen LogP contribution in [0, 0.1) is 5.92 Å². The van der Waals surface area contributed by atoms with Gasteiger partial charge in [-0.2, -0.15) is 0 Å². The molecule has 2 nitrogen and oxygen atoms in total. The Kier molecular flexibility index (Phi) is 6.06. The Balaban J connectivity index is 1.82. The predicted molar refractivity (Wildman–Crippen MR) is 87.6 cm³/mol. The second-order valence-corrected chi connectivity index (χ2v) is 7.08. The van der Waals surface area contributed by atoms with Crippen molar-refractivity contribution in [1.29, 1.82) is 0 Å². The van der Waals surface area contributed by atoms with Crippen molar-refractivity contribution in [3.63, 3.8) is 0 Å². The van der Waals surface area contributed by atoms with Gasteiger partial charge in [0.25, 0.3) is 0 Å². The van der Waals surface area contributed by atoms with E-state index in [9.17, 15) is 4.79 Å². The molecule has 0 N–H and O–H groups in total. The molecule has 110 valence electrons. The predicted octanol–water partition coefficient (Wildman–Crippen LogP) is 4.49. The summed E-state index contributed by atoms with van der Waals surface area (Å²) in [6.07, 6.45) is 2.35. The van der Waals surface area contributed by atoms with E-state index in [4.69, 9.17) is 23.2 Å². The monoisotopic (exact) mass is 331 g/mol. The van der Waals surface area contributed by atoms with E-state index < -0.39 is 0 Å². The number of carbonyl (C=O) groups excluding carboxylic acids is 1. The summed E-state index contributed by atoms with van der Waals surface area (Å²) < 4.78 is 0. The number of benzene rings is 1. The first-order chi connectivity index (χ1) is 9.58. The highest BCUT2D eigenvalue weighted by Gasteiger charge is 2.20. The van der Waals surface area contributed by atoms with Crippen LogP contribution in [0.2, 0.25) is 10.0 Å². The molecule has 0 aliphatic carbocycles. The molecule has 0 radical (unpaired) electrons. The molecule has 0 aromatic heterocycles. The molecule has 1 saturated heterocycles. The van der Waals surface area contributed by atoms with Gasteiger partial charge in [-0.1, -0.05) is 36.2 Å². The van der Waals surface area contributed by atoms with Crippen LogP contribution in [0.1, 0.15) is 25.3 Å². The van der Waals surface area contributed by atoms with E-state index in [1.54, 1.807) is 11.8 Å². The third-order valence-electron chi connectivity index (χ3n) is 3.54. The van der Waals surface area contributed by atoms with Gasteiger partial charge < -0.3 is 4.90 Å². The molecule has 20 heavy (non-hydrogen) atoms. The smallest absolute Gasteiger partial charge is 0.232 e. The average molecular weight is 332 g/mol. The Bertz CT molecular complexity index is 461. The number of carbonyl (C=O) groups is 1. The van der Waals surface area contributed by atoms with Gasteiger partial charge in [0.15, 0.2) is 0 Å². The number of rotatable bonds is 4. The third kappa shape index (κ3) is 4.31. The lowest BCUT2D eigenvalue weighted by Gasteiger charge is -2.30. The number of halogens is 2. The molecule has 1 aliphatic heterocycles. The molecule has 2 rings (SSSR count). The van der Waals surface area contributed by atoms with Gasteiger partial charge in [-0.25, -0.2) is 0 Å². The molecular formula is C15H19Cl2NOS. The van der Waals surface area contributed by atoms with Crippen molar-refractivity contribution in [3.05, 3.63) is 33.8 Å². The number of hydrogen-bond acceptors (Lipinski definition) is 2. The summed E-state index contributed by atoms with van der Waals surface area (Å²) in [5.74, 6) is 2.02. The molecule has 1 aromatic carbocycles. The van der Waals surface area contributed by atoms with Crippen LogP contribution in [0.25, 0.3) is 0 Å². The molecule has 0 unspecified atom stereocenters. The fraction of sp³-hybridized carbons (Fsp3) is 0.533. The van der Waals surface area contributed by atoms with Crippen molar-refractivity contribution < 1.29 is 4.79 Å². The first kappa shape index (κ1) is 16.0. The highest BCUT2D eigenvalue weighted by Crippen LogP contribution is 2.28. The third-order valence-corrected chi connectivity index (χ3v) is 5.20. The van der Waals surface area contributed by atoms with Crippen LogP contribution in [0.4, 0.5) is 0 Å². The van der Waals surface area contributed by atoms with Gasteiger partial charge in [0.05, 0.1) is 5.75 Å². The topological polar surface area (TPSA) is 20.3 Å². The first-order valence-corrected chi connectivity index (χ1v) is 8.77. The van der Waals surface area contributed by atoms with E-state index >= 15 is 0 Å². The van der Waals surface area contributed by atoms with Gasteiger partial charge in [0, 0.05) is 28.9 Å². The normalized spacial score (nSPS) is 19.1. The van der Waals surface area contributed by atoms with E-state index in [1.807, 2.05) is 23.1 Å². The van der Waals surface area contributed by atoms with Gasteiger partial charge >= 0.3 is 0 Å². The van der Waals surface area contributed by atoms with Crippen molar-refractivity contribution in [2.75, 3.05) is 18.8 Å². The second kappa shape index (κ2) is 7.58. The van der Waals surface area contributed by atoms with Gasteiger partial charge in [0.2, 0.25) is 5.91 Å². The van der Waals surface area contributed by atoms with Crippen molar-refractivity contribution in [1.82, 2.24) is 4.90 Å². The Morgan fingerprint density at radius 3 is 2.75 bits per heavy atom. The van der Waals surface area contributed by atoms with Gasteiger partial charge in [-0.3, -0.25) is 4.79 Å². The largest absolute Gasteiger partial charge is 0.342 e. The summed E-state index contributed by atoms with van der Waals surface area (Å²) in [5, 5.41) is 1.34. The maximum absolute atomic E-state index is 12.1. The first-order valence-electron chi connectivity index (χ1n) is 6.86. The maximum atomic E-state index is 12.1. The zero-order valence-electron chi connectivity index (χ0n) is 11.6. The van der Waals surface area contributed by atoms with Crippen LogP contribution in [-0.4, -0.2) is 29.6 Å². The highest BCUT2D eigenvalue weighted by molar-refractivity contribution is 7.99. The molecule has 1 aliphatic rings. The summed E-state index contributed by atoms with van der Waals surface area (Å²) >= 11 is 13.8. The number of likely N-dealkylation sites (tertiary alicyclic amines) is 1. The summed E-state index contributed by atoms with van der Waals surface area (Å²) in [6, 6.07) is 5.49. The minimum absolute atomic E-state index is 0.227. The van der Waals surface area contributed by atoms with Crippen molar-refractivity contribution in [2.24, 2.45) is 5.92 Å². The lowest BCUT2D eigenvalue weighted by Crippen LogP contribution is -2.40. The SMILES string of the molecule is C[C@H]1CCCN(C(=O)CSCc2c(Cl)cccc2Cl)C1. The quantitative estimate of drug-likeness (QED) is 0.810.